The molecular formula is C10H18N2O. The first-order valence-corrected chi connectivity index (χ1v) is 4.58. The fraction of sp³-hybridized carbons (Fsp3) is 0.700. The molecule has 0 saturated carbocycles. The van der Waals surface area contributed by atoms with Gasteiger partial charge in [-0.2, -0.15) is 0 Å². The Kier molecular flexibility index (Phi) is 2.76. The summed E-state index contributed by atoms with van der Waals surface area (Å²) >= 11 is 0. The zero-order chi connectivity index (χ0) is 10.1. The van der Waals surface area contributed by atoms with Gasteiger partial charge in [-0.1, -0.05) is 20.8 Å². The molecule has 0 aliphatic carbocycles. The van der Waals surface area contributed by atoms with E-state index in [2.05, 4.69) is 25.8 Å². The SMILES string of the molecule is Cn1cc(C(C)(C)C)nc1CCO. The van der Waals surface area contributed by atoms with Crippen molar-refractivity contribution in [2.75, 3.05) is 6.61 Å². The van der Waals surface area contributed by atoms with Crippen LogP contribution in [0.15, 0.2) is 6.20 Å². The van der Waals surface area contributed by atoms with E-state index in [-0.39, 0.29) is 12.0 Å². The number of imidazole rings is 1. The second-order valence-electron chi connectivity index (χ2n) is 4.38. The quantitative estimate of drug-likeness (QED) is 0.747. The van der Waals surface area contributed by atoms with Crippen LogP contribution in [0.25, 0.3) is 0 Å². The number of rotatable bonds is 2. The Balaban J connectivity index is 2.95. The summed E-state index contributed by atoms with van der Waals surface area (Å²) < 4.78 is 1.98. The molecule has 0 aliphatic heterocycles. The van der Waals surface area contributed by atoms with E-state index in [9.17, 15) is 0 Å². The molecule has 0 aliphatic rings. The highest BCUT2D eigenvalue weighted by atomic mass is 16.3. The molecule has 3 nitrogen and oxygen atoms in total. The van der Waals surface area contributed by atoms with Crippen LogP contribution in [0.5, 0.6) is 0 Å². The van der Waals surface area contributed by atoms with E-state index in [0.717, 1.165) is 11.5 Å². The van der Waals surface area contributed by atoms with Crippen LogP contribution in [0, 0.1) is 0 Å². The van der Waals surface area contributed by atoms with E-state index < -0.39 is 0 Å². The third-order valence-electron chi connectivity index (χ3n) is 2.08. The number of hydrogen-bond donors (Lipinski definition) is 1. The summed E-state index contributed by atoms with van der Waals surface area (Å²) in [5.41, 5.74) is 1.17. The Hall–Kier alpha value is -0.830. The molecule has 0 aromatic carbocycles. The molecule has 0 bridgehead atoms. The predicted molar refractivity (Wildman–Crippen MR) is 52.7 cm³/mol. The summed E-state index contributed by atoms with van der Waals surface area (Å²) in [6.45, 7) is 6.57. The monoisotopic (exact) mass is 182 g/mol. The van der Waals surface area contributed by atoms with Crippen LogP contribution >= 0.6 is 0 Å². The normalized spacial score (nSPS) is 12.1. The van der Waals surface area contributed by atoms with Gasteiger partial charge in [-0.25, -0.2) is 4.98 Å². The molecule has 1 N–H and O–H groups in total. The van der Waals surface area contributed by atoms with Gasteiger partial charge in [0.2, 0.25) is 0 Å². The van der Waals surface area contributed by atoms with Crippen molar-refractivity contribution in [3.8, 4) is 0 Å². The van der Waals surface area contributed by atoms with Crippen molar-refractivity contribution in [2.24, 2.45) is 7.05 Å². The molecule has 3 heteroatoms. The predicted octanol–water partition coefficient (Wildman–Crippen LogP) is 1.25. The van der Waals surface area contributed by atoms with Crippen molar-refractivity contribution in [3.05, 3.63) is 17.7 Å². The van der Waals surface area contributed by atoms with Crippen molar-refractivity contribution in [1.29, 1.82) is 0 Å². The van der Waals surface area contributed by atoms with Crippen LogP contribution in [0.2, 0.25) is 0 Å². The van der Waals surface area contributed by atoms with Crippen molar-refractivity contribution >= 4 is 0 Å². The molecule has 0 radical (unpaired) electrons. The largest absolute Gasteiger partial charge is 0.396 e. The maximum atomic E-state index is 8.80. The molecule has 0 amide bonds. The highest BCUT2D eigenvalue weighted by Gasteiger charge is 2.18. The van der Waals surface area contributed by atoms with E-state index in [1.54, 1.807) is 0 Å². The number of aliphatic hydroxyl groups excluding tert-OH is 1. The van der Waals surface area contributed by atoms with Gasteiger partial charge in [0.25, 0.3) is 0 Å². The van der Waals surface area contributed by atoms with Crippen molar-refractivity contribution in [1.82, 2.24) is 9.55 Å². The van der Waals surface area contributed by atoms with Crippen LogP contribution in [-0.4, -0.2) is 21.3 Å². The molecule has 1 rings (SSSR count). The summed E-state index contributed by atoms with van der Waals surface area (Å²) in [6.07, 6.45) is 2.66. The van der Waals surface area contributed by atoms with Gasteiger partial charge >= 0.3 is 0 Å². The Morgan fingerprint density at radius 1 is 1.46 bits per heavy atom. The van der Waals surface area contributed by atoms with Crippen LogP contribution < -0.4 is 0 Å². The first kappa shape index (κ1) is 10.3. The lowest BCUT2D eigenvalue weighted by molar-refractivity contribution is 0.295. The topological polar surface area (TPSA) is 38.0 Å². The molecular weight excluding hydrogens is 164 g/mol. The van der Waals surface area contributed by atoms with Gasteiger partial charge in [0.05, 0.1) is 12.3 Å². The Morgan fingerprint density at radius 2 is 2.08 bits per heavy atom. The van der Waals surface area contributed by atoms with Crippen LogP contribution in [0.4, 0.5) is 0 Å². The fourth-order valence-electron chi connectivity index (χ4n) is 1.20. The average Bonchev–Trinajstić information content (AvgIpc) is 2.32. The molecule has 0 spiro atoms. The first-order chi connectivity index (χ1) is 5.95. The molecule has 0 fully saturated rings. The minimum absolute atomic E-state index is 0.0888. The lowest BCUT2D eigenvalue weighted by Crippen LogP contribution is -2.11. The smallest absolute Gasteiger partial charge is 0.111 e. The van der Waals surface area contributed by atoms with Gasteiger partial charge in [0.15, 0.2) is 0 Å². The minimum Gasteiger partial charge on any atom is -0.396 e. The lowest BCUT2D eigenvalue weighted by atomic mass is 9.93. The van der Waals surface area contributed by atoms with Gasteiger partial charge in [-0.15, -0.1) is 0 Å². The molecule has 13 heavy (non-hydrogen) atoms. The van der Waals surface area contributed by atoms with Gasteiger partial charge in [0.1, 0.15) is 5.82 Å². The Morgan fingerprint density at radius 3 is 2.46 bits per heavy atom. The zero-order valence-electron chi connectivity index (χ0n) is 8.83. The summed E-state index contributed by atoms with van der Waals surface area (Å²) in [4.78, 5) is 4.47. The van der Waals surface area contributed by atoms with Gasteiger partial charge in [-0.3, -0.25) is 0 Å². The number of aryl methyl sites for hydroxylation is 1. The van der Waals surface area contributed by atoms with Crippen molar-refractivity contribution in [2.45, 2.75) is 32.6 Å². The third-order valence-corrected chi connectivity index (χ3v) is 2.08. The van der Waals surface area contributed by atoms with Gasteiger partial charge in [-0.05, 0) is 0 Å². The average molecular weight is 182 g/mol. The maximum Gasteiger partial charge on any atom is 0.111 e. The second kappa shape index (κ2) is 3.50. The summed E-state index contributed by atoms with van der Waals surface area (Å²) in [7, 11) is 1.97. The molecule has 1 heterocycles. The minimum atomic E-state index is 0.0888. The number of nitrogens with zero attached hydrogens (tertiary/aromatic N) is 2. The van der Waals surface area contributed by atoms with Crippen LogP contribution in [0.3, 0.4) is 0 Å². The molecule has 0 unspecified atom stereocenters. The molecule has 74 valence electrons. The highest BCUT2D eigenvalue weighted by molar-refractivity contribution is 5.13. The van der Waals surface area contributed by atoms with Crippen LogP contribution in [-0.2, 0) is 18.9 Å². The summed E-state index contributed by atoms with van der Waals surface area (Å²) in [6, 6.07) is 0. The molecule has 1 aromatic heterocycles. The Bertz CT molecular complexity index is 284. The standard InChI is InChI=1S/C10H18N2O/c1-10(2,3)8-7-12(4)9(11-8)5-6-13/h7,13H,5-6H2,1-4H3. The van der Waals surface area contributed by atoms with Gasteiger partial charge in [0, 0.05) is 25.1 Å². The van der Waals surface area contributed by atoms with Crippen molar-refractivity contribution < 1.29 is 5.11 Å². The van der Waals surface area contributed by atoms with E-state index in [1.165, 1.54) is 0 Å². The zero-order valence-corrected chi connectivity index (χ0v) is 8.83. The van der Waals surface area contributed by atoms with E-state index in [1.807, 2.05) is 17.8 Å². The summed E-state index contributed by atoms with van der Waals surface area (Å²) in [5, 5.41) is 8.80. The number of hydrogen-bond acceptors (Lipinski definition) is 2. The van der Waals surface area contributed by atoms with Crippen molar-refractivity contribution in [3.63, 3.8) is 0 Å². The first-order valence-electron chi connectivity index (χ1n) is 4.58. The number of aliphatic hydroxyl groups is 1. The highest BCUT2D eigenvalue weighted by Crippen LogP contribution is 2.20. The van der Waals surface area contributed by atoms with E-state index in [0.29, 0.717) is 6.42 Å². The number of aromatic nitrogens is 2. The van der Waals surface area contributed by atoms with Gasteiger partial charge < -0.3 is 9.67 Å². The van der Waals surface area contributed by atoms with E-state index >= 15 is 0 Å². The molecule has 0 atom stereocenters. The van der Waals surface area contributed by atoms with Crippen LogP contribution in [0.1, 0.15) is 32.3 Å². The lowest BCUT2D eigenvalue weighted by Gasteiger charge is -2.13. The Labute approximate surface area is 79.4 Å². The summed E-state index contributed by atoms with van der Waals surface area (Å²) in [5.74, 6) is 0.951. The molecule has 1 aromatic rings. The molecule has 0 saturated heterocycles. The third kappa shape index (κ3) is 2.31. The van der Waals surface area contributed by atoms with E-state index in [4.69, 9.17) is 5.11 Å². The second-order valence-corrected chi connectivity index (χ2v) is 4.38. The maximum absolute atomic E-state index is 8.80. The fourth-order valence-corrected chi connectivity index (χ4v) is 1.20.